The van der Waals surface area contributed by atoms with E-state index in [4.69, 9.17) is 0 Å². The van der Waals surface area contributed by atoms with Gasteiger partial charge in [-0.1, -0.05) is 19.4 Å². The van der Waals surface area contributed by atoms with Crippen LogP contribution in [0.25, 0.3) is 0 Å². The number of hydrogen-bond donors (Lipinski definition) is 1. The van der Waals surface area contributed by atoms with Crippen molar-refractivity contribution in [1.29, 1.82) is 0 Å². The first kappa shape index (κ1) is 18.3. The Hall–Kier alpha value is 0.482. The zero-order valence-electron chi connectivity index (χ0n) is 14.2. The van der Waals surface area contributed by atoms with Crippen molar-refractivity contribution in [3.05, 3.63) is 11.6 Å². The van der Waals surface area contributed by atoms with Crippen molar-refractivity contribution in [2.75, 3.05) is 0 Å². The van der Waals surface area contributed by atoms with Crippen molar-refractivity contribution < 1.29 is 58.8 Å². The minimum Gasteiger partial charge on any atom is -0.393 e. The third-order valence-electron chi connectivity index (χ3n) is 7.63. The number of fused-ring (bicyclic) bond motifs is 5. The Morgan fingerprint density at radius 3 is 2.43 bits per heavy atom. The molecule has 4 aliphatic rings. The standard InChI is InChI=1S/C19H26O3.Ac/c1-18-7-5-12(20)9-11(18)10-15(21)17-13-3-4-16(22)19(13,2)8-6-14(17)18;/h10,12-14,17,20H,3-9H2,1-2H3;. The molecule has 0 heterocycles. The second-order valence-corrected chi connectivity index (χ2v) is 8.54. The molecule has 1 N–H and O–H groups in total. The van der Waals surface area contributed by atoms with Crippen LogP contribution in [-0.4, -0.2) is 22.8 Å². The Morgan fingerprint density at radius 2 is 1.70 bits per heavy atom. The van der Waals surface area contributed by atoms with Crippen molar-refractivity contribution in [2.45, 2.75) is 64.9 Å². The minimum absolute atomic E-state index is 0. The summed E-state index contributed by atoms with van der Waals surface area (Å²) in [6.07, 6.45) is 7.51. The van der Waals surface area contributed by atoms with Crippen LogP contribution in [0.1, 0.15) is 58.8 Å². The van der Waals surface area contributed by atoms with Crippen LogP contribution in [0.15, 0.2) is 11.6 Å². The summed E-state index contributed by atoms with van der Waals surface area (Å²) in [6, 6.07) is 0. The van der Waals surface area contributed by atoms with Crippen molar-refractivity contribution in [3.63, 3.8) is 0 Å². The molecule has 0 spiro atoms. The maximum Gasteiger partial charge on any atom is 0.159 e. The van der Waals surface area contributed by atoms with Gasteiger partial charge in [-0.2, -0.15) is 0 Å². The molecule has 4 rings (SSSR count). The van der Waals surface area contributed by atoms with Gasteiger partial charge in [0.05, 0.1) is 6.10 Å². The van der Waals surface area contributed by atoms with Crippen LogP contribution in [0.3, 0.4) is 0 Å². The van der Waals surface area contributed by atoms with E-state index in [1.165, 1.54) is 5.57 Å². The monoisotopic (exact) mass is 529 g/mol. The number of carbonyl (C=O) groups is 2. The summed E-state index contributed by atoms with van der Waals surface area (Å²) >= 11 is 0. The summed E-state index contributed by atoms with van der Waals surface area (Å²) < 4.78 is 0. The number of ketones is 2. The zero-order chi connectivity index (χ0) is 15.7. The second-order valence-electron chi connectivity index (χ2n) is 8.54. The maximum absolute atomic E-state index is 12.9. The first-order valence-corrected chi connectivity index (χ1v) is 8.82. The summed E-state index contributed by atoms with van der Waals surface area (Å²) in [5.41, 5.74) is 0.975. The Bertz CT molecular complexity index is 583. The normalized spacial score (nSPS) is 48.7. The van der Waals surface area contributed by atoms with Gasteiger partial charge in [-0.05, 0) is 61.9 Å². The first-order chi connectivity index (χ1) is 10.4. The van der Waals surface area contributed by atoms with Gasteiger partial charge in [0.15, 0.2) is 5.78 Å². The van der Waals surface area contributed by atoms with Crippen LogP contribution in [-0.2, 0) is 9.59 Å². The third kappa shape index (κ3) is 2.49. The smallest absolute Gasteiger partial charge is 0.159 e. The van der Waals surface area contributed by atoms with E-state index < -0.39 is 0 Å². The van der Waals surface area contributed by atoms with Crippen molar-refractivity contribution in [1.82, 2.24) is 0 Å². The number of allylic oxidation sites excluding steroid dienone is 1. The van der Waals surface area contributed by atoms with Gasteiger partial charge in [0.25, 0.3) is 0 Å². The molecule has 0 aromatic heterocycles. The van der Waals surface area contributed by atoms with Crippen LogP contribution in [0.2, 0.25) is 0 Å². The Labute approximate surface area is 174 Å². The van der Waals surface area contributed by atoms with Crippen LogP contribution in [0.4, 0.5) is 0 Å². The molecule has 6 unspecified atom stereocenters. The fourth-order valence-electron chi connectivity index (χ4n) is 6.16. The topological polar surface area (TPSA) is 54.4 Å². The third-order valence-corrected chi connectivity index (χ3v) is 7.63. The van der Waals surface area contributed by atoms with E-state index in [0.29, 0.717) is 24.5 Å². The van der Waals surface area contributed by atoms with E-state index in [9.17, 15) is 14.7 Å². The molecular weight excluding hydrogens is 503 g/mol. The van der Waals surface area contributed by atoms with Crippen LogP contribution in [0.5, 0.6) is 0 Å². The number of rotatable bonds is 0. The molecule has 0 saturated heterocycles. The molecule has 3 saturated carbocycles. The Balaban J connectivity index is 0.00000156. The molecule has 0 amide bonds. The molecule has 4 aliphatic carbocycles. The molecule has 0 aromatic carbocycles. The number of hydrogen-bond acceptors (Lipinski definition) is 3. The van der Waals surface area contributed by atoms with E-state index in [0.717, 1.165) is 32.1 Å². The predicted molar refractivity (Wildman–Crippen MR) is 83.1 cm³/mol. The fourth-order valence-corrected chi connectivity index (χ4v) is 6.16. The number of Topliss-reactive ketones (excluding diaryl/α,β-unsaturated/α-hetero) is 1. The van der Waals surface area contributed by atoms with Gasteiger partial charge in [-0.15, -0.1) is 0 Å². The molecule has 1 radical (unpaired) electrons. The SMILES string of the molecule is CC12CCC3C(C(=O)C=C4CC(O)CCC43C)C1CCC2=O.[Ac]. The molecule has 0 aliphatic heterocycles. The first-order valence-electron chi connectivity index (χ1n) is 8.82. The Morgan fingerprint density at radius 1 is 1.04 bits per heavy atom. The molecular formula is C19H26AcO3. The largest absolute Gasteiger partial charge is 0.393 e. The summed E-state index contributed by atoms with van der Waals surface area (Å²) in [5.74, 6) is 1.26. The van der Waals surface area contributed by atoms with Crippen LogP contribution in [0, 0.1) is 72.6 Å². The average Bonchev–Trinajstić information content (AvgIpc) is 2.77. The molecule has 23 heavy (non-hydrogen) atoms. The van der Waals surface area contributed by atoms with Gasteiger partial charge in [0.1, 0.15) is 5.78 Å². The summed E-state index contributed by atoms with van der Waals surface area (Å²) in [5, 5.41) is 9.97. The quantitative estimate of drug-likeness (QED) is 0.525. The number of aliphatic hydroxyl groups excluding tert-OH is 1. The summed E-state index contributed by atoms with van der Waals surface area (Å²) in [4.78, 5) is 25.2. The molecule has 0 bridgehead atoms. The van der Waals surface area contributed by atoms with Crippen LogP contribution >= 0.6 is 0 Å². The van der Waals surface area contributed by atoms with E-state index in [1.54, 1.807) is 0 Å². The molecule has 4 heteroatoms. The predicted octanol–water partition coefficient (Wildman–Crippen LogP) is 3.06. The molecule has 3 nitrogen and oxygen atoms in total. The average molecular weight is 529 g/mol. The van der Waals surface area contributed by atoms with Gasteiger partial charge in [-0.3, -0.25) is 9.59 Å². The number of carbonyl (C=O) groups excluding carboxylic acids is 2. The van der Waals surface area contributed by atoms with Crippen LogP contribution < -0.4 is 0 Å². The van der Waals surface area contributed by atoms with Crippen molar-refractivity contribution in [2.24, 2.45) is 28.6 Å². The molecule has 3 fully saturated rings. The van der Waals surface area contributed by atoms with E-state index in [-0.39, 0.29) is 78.6 Å². The van der Waals surface area contributed by atoms with Gasteiger partial charge >= 0.3 is 0 Å². The van der Waals surface area contributed by atoms with E-state index in [1.807, 2.05) is 6.08 Å². The van der Waals surface area contributed by atoms with Gasteiger partial charge < -0.3 is 5.11 Å². The molecule has 0 aromatic rings. The van der Waals surface area contributed by atoms with Gasteiger partial charge in [-0.25, -0.2) is 0 Å². The number of aliphatic hydroxyl groups is 1. The fraction of sp³-hybridized carbons (Fsp3) is 0.789. The zero-order valence-corrected chi connectivity index (χ0v) is 18.9. The minimum atomic E-state index is -0.286. The molecule has 6 atom stereocenters. The van der Waals surface area contributed by atoms with Crippen molar-refractivity contribution >= 4 is 11.6 Å². The second kappa shape index (κ2) is 6.03. The maximum atomic E-state index is 12.9. The Kier molecular flexibility index (Phi) is 4.79. The van der Waals surface area contributed by atoms with Gasteiger partial charge in [0, 0.05) is 61.8 Å². The van der Waals surface area contributed by atoms with E-state index >= 15 is 0 Å². The van der Waals surface area contributed by atoms with Gasteiger partial charge in [0.2, 0.25) is 0 Å². The summed E-state index contributed by atoms with van der Waals surface area (Å²) in [7, 11) is 0. The summed E-state index contributed by atoms with van der Waals surface area (Å²) in [6.45, 7) is 4.40. The van der Waals surface area contributed by atoms with Crippen molar-refractivity contribution in [3.8, 4) is 0 Å². The molecule has 123 valence electrons. The van der Waals surface area contributed by atoms with E-state index in [2.05, 4.69) is 13.8 Å².